The number of unbranched alkanes of at least 4 members (excludes halogenated alkanes) is 1. The van der Waals surface area contributed by atoms with E-state index in [0.717, 1.165) is 31.8 Å². The van der Waals surface area contributed by atoms with Gasteiger partial charge in [-0.05, 0) is 31.4 Å². The van der Waals surface area contributed by atoms with Crippen LogP contribution in [0.1, 0.15) is 18.4 Å². The normalized spacial score (nSPS) is 10.5. The number of anilines is 1. The summed E-state index contributed by atoms with van der Waals surface area (Å²) in [6.45, 7) is 5.12. The first kappa shape index (κ1) is 13.9. The Balaban J connectivity index is 1.95. The van der Waals surface area contributed by atoms with Gasteiger partial charge in [0.2, 0.25) is 0 Å². The van der Waals surface area contributed by atoms with E-state index >= 15 is 0 Å². The Bertz CT molecular complexity index is 288. The summed E-state index contributed by atoms with van der Waals surface area (Å²) < 4.78 is 10.3. The molecule has 0 aliphatic carbocycles. The second-order valence-corrected chi connectivity index (χ2v) is 3.96. The summed E-state index contributed by atoms with van der Waals surface area (Å²) in [6, 6.07) is 4.06. The lowest BCUT2D eigenvalue weighted by Crippen LogP contribution is -2.06. The van der Waals surface area contributed by atoms with Crippen LogP contribution in [0.4, 0.5) is 5.82 Å². The lowest BCUT2D eigenvalue weighted by atomic mass is 10.3. The van der Waals surface area contributed by atoms with Gasteiger partial charge in [-0.15, -0.1) is 0 Å². The smallest absolute Gasteiger partial charge is 0.125 e. The van der Waals surface area contributed by atoms with Gasteiger partial charge in [0.15, 0.2) is 0 Å². The topological polar surface area (TPSA) is 43.4 Å². The number of pyridine rings is 1. The number of hydrogen-bond donors (Lipinski definition) is 1. The number of ether oxygens (including phenoxy) is 2. The van der Waals surface area contributed by atoms with Crippen LogP contribution < -0.4 is 5.32 Å². The second kappa shape index (κ2) is 8.96. The molecule has 0 unspecified atom stereocenters. The molecule has 96 valence electrons. The predicted octanol–water partition coefficient (Wildman–Crippen LogP) is 2.25. The molecule has 0 saturated carbocycles. The van der Waals surface area contributed by atoms with Crippen molar-refractivity contribution in [1.29, 1.82) is 0 Å². The Morgan fingerprint density at radius 1 is 1.18 bits per heavy atom. The van der Waals surface area contributed by atoms with Gasteiger partial charge >= 0.3 is 0 Å². The molecule has 1 heterocycles. The third-order valence-corrected chi connectivity index (χ3v) is 2.36. The summed E-state index contributed by atoms with van der Waals surface area (Å²) in [5, 5.41) is 3.28. The van der Waals surface area contributed by atoms with Gasteiger partial charge in [0, 0.05) is 26.5 Å². The largest absolute Gasteiger partial charge is 0.382 e. The van der Waals surface area contributed by atoms with Crippen LogP contribution in [0.25, 0.3) is 0 Å². The van der Waals surface area contributed by atoms with E-state index in [0.29, 0.717) is 13.2 Å². The van der Waals surface area contributed by atoms with E-state index in [-0.39, 0.29) is 0 Å². The Kier molecular flexibility index (Phi) is 7.34. The van der Waals surface area contributed by atoms with E-state index in [9.17, 15) is 0 Å². The van der Waals surface area contributed by atoms with Gasteiger partial charge in [0.05, 0.1) is 13.2 Å². The third-order valence-electron chi connectivity index (χ3n) is 2.36. The SMILES string of the molecule is COCCOCCCCNc1ccc(C)cn1. The molecule has 0 fully saturated rings. The average molecular weight is 238 g/mol. The quantitative estimate of drug-likeness (QED) is 0.670. The third kappa shape index (κ3) is 6.92. The molecule has 0 spiro atoms. The van der Waals surface area contributed by atoms with Crippen molar-refractivity contribution in [1.82, 2.24) is 4.98 Å². The molecule has 0 aliphatic heterocycles. The van der Waals surface area contributed by atoms with E-state index in [1.165, 1.54) is 5.56 Å². The maximum absolute atomic E-state index is 5.37. The minimum Gasteiger partial charge on any atom is -0.382 e. The molecule has 1 rings (SSSR count). The van der Waals surface area contributed by atoms with Gasteiger partial charge < -0.3 is 14.8 Å². The minimum absolute atomic E-state index is 0.672. The fourth-order valence-corrected chi connectivity index (χ4v) is 1.36. The Labute approximate surface area is 103 Å². The Hall–Kier alpha value is -1.13. The molecule has 1 N–H and O–H groups in total. The standard InChI is InChI=1S/C13H22N2O2/c1-12-5-6-13(15-11-12)14-7-3-4-8-17-10-9-16-2/h5-6,11H,3-4,7-10H2,1-2H3,(H,14,15). The molecule has 0 amide bonds. The summed E-state index contributed by atoms with van der Waals surface area (Å²) in [7, 11) is 1.68. The molecular formula is C13H22N2O2. The number of nitrogens with zero attached hydrogens (tertiary/aromatic N) is 1. The van der Waals surface area contributed by atoms with Crippen molar-refractivity contribution in [2.45, 2.75) is 19.8 Å². The highest BCUT2D eigenvalue weighted by atomic mass is 16.5. The second-order valence-electron chi connectivity index (χ2n) is 3.96. The minimum atomic E-state index is 0.672. The lowest BCUT2D eigenvalue weighted by Gasteiger charge is -2.06. The molecule has 0 atom stereocenters. The zero-order chi connectivity index (χ0) is 12.3. The summed E-state index contributed by atoms with van der Waals surface area (Å²) in [6.07, 6.45) is 4.02. The number of aromatic nitrogens is 1. The van der Waals surface area contributed by atoms with E-state index in [1.54, 1.807) is 7.11 Å². The van der Waals surface area contributed by atoms with Crippen molar-refractivity contribution >= 4 is 5.82 Å². The molecule has 0 saturated heterocycles. The van der Waals surface area contributed by atoms with Crippen molar-refractivity contribution in [2.75, 3.05) is 38.8 Å². The lowest BCUT2D eigenvalue weighted by molar-refractivity contribution is 0.0691. The highest BCUT2D eigenvalue weighted by molar-refractivity contribution is 5.34. The fourth-order valence-electron chi connectivity index (χ4n) is 1.36. The van der Waals surface area contributed by atoms with Crippen molar-refractivity contribution in [2.24, 2.45) is 0 Å². The van der Waals surface area contributed by atoms with Crippen LogP contribution in [0.5, 0.6) is 0 Å². The molecule has 0 radical (unpaired) electrons. The van der Waals surface area contributed by atoms with E-state index in [1.807, 2.05) is 19.2 Å². The van der Waals surface area contributed by atoms with Crippen LogP contribution in [-0.4, -0.2) is 38.5 Å². The van der Waals surface area contributed by atoms with Gasteiger partial charge in [0.1, 0.15) is 5.82 Å². The predicted molar refractivity (Wildman–Crippen MR) is 69.4 cm³/mol. The number of hydrogen-bond acceptors (Lipinski definition) is 4. The molecule has 1 aromatic heterocycles. The monoisotopic (exact) mass is 238 g/mol. The van der Waals surface area contributed by atoms with Crippen LogP contribution in [0, 0.1) is 6.92 Å². The molecule has 0 bridgehead atoms. The van der Waals surface area contributed by atoms with Gasteiger partial charge in [0.25, 0.3) is 0 Å². The van der Waals surface area contributed by atoms with Gasteiger partial charge in [-0.1, -0.05) is 6.07 Å². The summed E-state index contributed by atoms with van der Waals surface area (Å²) in [4.78, 5) is 4.28. The molecule has 17 heavy (non-hydrogen) atoms. The van der Waals surface area contributed by atoms with Crippen LogP contribution >= 0.6 is 0 Å². The van der Waals surface area contributed by atoms with Gasteiger partial charge in [-0.25, -0.2) is 4.98 Å². The number of aryl methyl sites for hydroxylation is 1. The van der Waals surface area contributed by atoms with Crippen LogP contribution in [0.2, 0.25) is 0 Å². The molecular weight excluding hydrogens is 216 g/mol. The summed E-state index contributed by atoms with van der Waals surface area (Å²) in [5.41, 5.74) is 1.18. The van der Waals surface area contributed by atoms with E-state index < -0.39 is 0 Å². The number of methoxy groups -OCH3 is 1. The number of rotatable bonds is 9. The van der Waals surface area contributed by atoms with Crippen molar-refractivity contribution < 1.29 is 9.47 Å². The summed E-state index contributed by atoms with van der Waals surface area (Å²) in [5.74, 6) is 0.941. The summed E-state index contributed by atoms with van der Waals surface area (Å²) >= 11 is 0. The first-order valence-corrected chi connectivity index (χ1v) is 6.06. The van der Waals surface area contributed by atoms with E-state index in [4.69, 9.17) is 9.47 Å². The first-order valence-electron chi connectivity index (χ1n) is 6.06. The van der Waals surface area contributed by atoms with Crippen LogP contribution in [0.15, 0.2) is 18.3 Å². The zero-order valence-electron chi connectivity index (χ0n) is 10.7. The van der Waals surface area contributed by atoms with Crippen molar-refractivity contribution in [3.63, 3.8) is 0 Å². The molecule has 4 nitrogen and oxygen atoms in total. The van der Waals surface area contributed by atoms with Crippen LogP contribution in [0.3, 0.4) is 0 Å². The Morgan fingerprint density at radius 2 is 2.06 bits per heavy atom. The van der Waals surface area contributed by atoms with Crippen molar-refractivity contribution in [3.05, 3.63) is 23.9 Å². The molecule has 1 aromatic rings. The molecule has 4 heteroatoms. The van der Waals surface area contributed by atoms with E-state index in [2.05, 4.69) is 16.4 Å². The maximum Gasteiger partial charge on any atom is 0.125 e. The Morgan fingerprint density at radius 3 is 2.76 bits per heavy atom. The van der Waals surface area contributed by atoms with Gasteiger partial charge in [-0.2, -0.15) is 0 Å². The zero-order valence-corrected chi connectivity index (χ0v) is 10.7. The van der Waals surface area contributed by atoms with Crippen LogP contribution in [-0.2, 0) is 9.47 Å². The first-order chi connectivity index (χ1) is 8.33. The highest BCUT2D eigenvalue weighted by Crippen LogP contribution is 2.03. The van der Waals surface area contributed by atoms with Crippen molar-refractivity contribution in [3.8, 4) is 0 Å². The average Bonchev–Trinajstić information content (AvgIpc) is 2.35. The highest BCUT2D eigenvalue weighted by Gasteiger charge is 1.93. The molecule has 0 aliphatic rings. The fraction of sp³-hybridized carbons (Fsp3) is 0.615. The maximum atomic E-state index is 5.37. The number of nitrogens with one attached hydrogen (secondary N) is 1. The molecule has 0 aromatic carbocycles. The van der Waals surface area contributed by atoms with Gasteiger partial charge in [-0.3, -0.25) is 0 Å².